The number of hydrogen-bond acceptors (Lipinski definition) is 7. The minimum Gasteiger partial charge on any atom is -0.493 e. The van der Waals surface area contributed by atoms with Gasteiger partial charge in [-0.3, -0.25) is 4.79 Å². The van der Waals surface area contributed by atoms with Gasteiger partial charge in [0.1, 0.15) is 18.2 Å². The van der Waals surface area contributed by atoms with Crippen molar-refractivity contribution in [2.24, 2.45) is 0 Å². The molecule has 2 heterocycles. The average molecular weight is 499 g/mol. The summed E-state index contributed by atoms with van der Waals surface area (Å²) in [6, 6.07) is 7.37. The third-order valence-electron chi connectivity index (χ3n) is 6.06. The van der Waals surface area contributed by atoms with E-state index in [9.17, 15) is 9.59 Å². The molecule has 0 saturated heterocycles. The lowest BCUT2D eigenvalue weighted by Gasteiger charge is -2.26. The van der Waals surface area contributed by atoms with Gasteiger partial charge in [-0.2, -0.15) is 0 Å². The van der Waals surface area contributed by atoms with Crippen LogP contribution in [0.4, 0.5) is 0 Å². The monoisotopic (exact) mass is 498 g/mol. The molecule has 0 aliphatic heterocycles. The zero-order valence-corrected chi connectivity index (χ0v) is 21.8. The van der Waals surface area contributed by atoms with E-state index in [0.29, 0.717) is 36.0 Å². The van der Waals surface area contributed by atoms with Crippen molar-refractivity contribution in [1.82, 2.24) is 19.5 Å². The van der Waals surface area contributed by atoms with Crippen LogP contribution in [0.1, 0.15) is 72.3 Å². The molecule has 0 radical (unpaired) electrons. The topological polar surface area (TPSA) is 108 Å². The number of carbonyl (C=O) groups is 1. The van der Waals surface area contributed by atoms with E-state index < -0.39 is 5.97 Å². The first-order chi connectivity index (χ1) is 17.5. The molecule has 0 amide bonds. The van der Waals surface area contributed by atoms with Crippen LogP contribution in [0.5, 0.6) is 5.75 Å². The third-order valence-corrected chi connectivity index (χ3v) is 6.06. The number of imidazole rings is 1. The van der Waals surface area contributed by atoms with Gasteiger partial charge in [-0.15, -0.1) is 0 Å². The minimum atomic E-state index is -0.398. The summed E-state index contributed by atoms with van der Waals surface area (Å²) in [6.07, 6.45) is 7.34. The standard InChI is InChI=1S/C27H38N4O5/c1-5-8-9-10-14-21(19(4)36-17-23(32)34-7-3)31-18-28-24-26(31)29-25(30-27(24)33)20-13-11-12-15-22(20)35-16-6-2/h11-13,15,18-19,21H,5-10,14,16-17H2,1-4H3,(H,29,30,33). The van der Waals surface area contributed by atoms with Crippen molar-refractivity contribution in [2.75, 3.05) is 19.8 Å². The first kappa shape index (κ1) is 27.4. The van der Waals surface area contributed by atoms with Crippen LogP contribution in [0, 0.1) is 0 Å². The van der Waals surface area contributed by atoms with Gasteiger partial charge in [0.2, 0.25) is 0 Å². The summed E-state index contributed by atoms with van der Waals surface area (Å²) >= 11 is 0. The van der Waals surface area contributed by atoms with Gasteiger partial charge in [0.05, 0.1) is 37.3 Å². The summed E-state index contributed by atoms with van der Waals surface area (Å²) in [6.45, 7) is 8.65. The average Bonchev–Trinajstić information content (AvgIpc) is 3.30. The van der Waals surface area contributed by atoms with Gasteiger partial charge in [0.25, 0.3) is 5.56 Å². The molecule has 9 nitrogen and oxygen atoms in total. The molecule has 0 fully saturated rings. The number of para-hydroxylation sites is 1. The van der Waals surface area contributed by atoms with Gasteiger partial charge in [0.15, 0.2) is 11.2 Å². The summed E-state index contributed by atoms with van der Waals surface area (Å²) < 4.78 is 18.7. The molecule has 1 aromatic carbocycles. The first-order valence-electron chi connectivity index (χ1n) is 13.0. The smallest absolute Gasteiger partial charge is 0.332 e. The number of aromatic nitrogens is 4. The predicted molar refractivity (Wildman–Crippen MR) is 139 cm³/mol. The highest BCUT2D eigenvalue weighted by Crippen LogP contribution is 2.29. The molecular formula is C27H38N4O5. The van der Waals surface area contributed by atoms with Gasteiger partial charge in [-0.1, -0.05) is 51.7 Å². The molecule has 2 aromatic heterocycles. The van der Waals surface area contributed by atoms with E-state index in [4.69, 9.17) is 19.2 Å². The van der Waals surface area contributed by atoms with E-state index in [1.807, 2.05) is 42.7 Å². The van der Waals surface area contributed by atoms with Crippen LogP contribution in [0.15, 0.2) is 35.4 Å². The normalized spacial score (nSPS) is 13.0. The van der Waals surface area contributed by atoms with Crippen molar-refractivity contribution in [3.63, 3.8) is 0 Å². The molecule has 0 aliphatic carbocycles. The lowest BCUT2D eigenvalue weighted by Crippen LogP contribution is -2.27. The van der Waals surface area contributed by atoms with Crippen LogP contribution < -0.4 is 10.3 Å². The molecule has 3 aromatic rings. The summed E-state index contributed by atoms with van der Waals surface area (Å²) in [4.78, 5) is 36.9. The van der Waals surface area contributed by atoms with Crippen LogP contribution in [0.25, 0.3) is 22.6 Å². The van der Waals surface area contributed by atoms with E-state index in [2.05, 4.69) is 16.9 Å². The fourth-order valence-corrected chi connectivity index (χ4v) is 4.19. The summed E-state index contributed by atoms with van der Waals surface area (Å²) in [5, 5.41) is 0. The second kappa shape index (κ2) is 13.8. The van der Waals surface area contributed by atoms with Crippen molar-refractivity contribution in [3.8, 4) is 17.1 Å². The lowest BCUT2D eigenvalue weighted by molar-refractivity contribution is -0.151. The Morgan fingerprint density at radius 1 is 1.11 bits per heavy atom. The number of nitrogens with one attached hydrogen (secondary N) is 1. The highest BCUT2D eigenvalue weighted by molar-refractivity contribution is 5.74. The van der Waals surface area contributed by atoms with Crippen LogP contribution in [0.2, 0.25) is 0 Å². The SMILES string of the molecule is CCCCCCC(C(C)OCC(=O)OCC)n1cnc2c(=O)[nH]c(-c3ccccc3OCCC)nc21. The molecule has 0 aliphatic rings. The van der Waals surface area contributed by atoms with Crippen molar-refractivity contribution in [1.29, 1.82) is 0 Å². The molecule has 36 heavy (non-hydrogen) atoms. The summed E-state index contributed by atoms with van der Waals surface area (Å²) in [7, 11) is 0. The van der Waals surface area contributed by atoms with Crippen LogP contribution in [-0.2, 0) is 14.3 Å². The number of ether oxygens (including phenoxy) is 3. The Hall–Kier alpha value is -3.20. The number of rotatable bonds is 15. The van der Waals surface area contributed by atoms with Crippen molar-refractivity contribution >= 4 is 17.1 Å². The molecule has 196 valence electrons. The third kappa shape index (κ3) is 6.94. The summed E-state index contributed by atoms with van der Waals surface area (Å²) in [5.41, 5.74) is 1.14. The second-order valence-electron chi connectivity index (χ2n) is 8.82. The number of H-pyrrole nitrogens is 1. The number of benzene rings is 1. The van der Waals surface area contributed by atoms with E-state index in [1.54, 1.807) is 13.3 Å². The largest absolute Gasteiger partial charge is 0.493 e. The quantitative estimate of drug-likeness (QED) is 0.231. The predicted octanol–water partition coefficient (Wildman–Crippen LogP) is 5.06. The van der Waals surface area contributed by atoms with Crippen molar-refractivity contribution in [3.05, 3.63) is 40.9 Å². The molecular weight excluding hydrogens is 460 g/mol. The zero-order valence-electron chi connectivity index (χ0n) is 21.8. The van der Waals surface area contributed by atoms with E-state index >= 15 is 0 Å². The van der Waals surface area contributed by atoms with Crippen LogP contribution in [-0.4, -0.2) is 51.4 Å². The number of fused-ring (bicyclic) bond motifs is 1. The number of hydrogen-bond donors (Lipinski definition) is 1. The molecule has 0 bridgehead atoms. The van der Waals surface area contributed by atoms with Crippen molar-refractivity contribution < 1.29 is 19.0 Å². The van der Waals surface area contributed by atoms with Crippen LogP contribution in [0.3, 0.4) is 0 Å². The van der Waals surface area contributed by atoms with Gasteiger partial charge in [0, 0.05) is 0 Å². The van der Waals surface area contributed by atoms with Crippen LogP contribution >= 0.6 is 0 Å². The Balaban J connectivity index is 1.98. The maximum Gasteiger partial charge on any atom is 0.332 e. The van der Waals surface area contributed by atoms with E-state index in [0.717, 1.165) is 38.5 Å². The molecule has 2 unspecified atom stereocenters. The Bertz CT molecular complexity index is 1170. The number of aromatic amines is 1. The van der Waals surface area contributed by atoms with Gasteiger partial charge < -0.3 is 23.8 Å². The second-order valence-corrected chi connectivity index (χ2v) is 8.82. The van der Waals surface area contributed by atoms with E-state index in [1.165, 1.54) is 0 Å². The fourth-order valence-electron chi connectivity index (χ4n) is 4.19. The Labute approximate surface area is 212 Å². The van der Waals surface area contributed by atoms with Gasteiger partial charge >= 0.3 is 5.97 Å². The molecule has 0 saturated carbocycles. The molecule has 3 rings (SSSR count). The number of unbranched alkanes of at least 4 members (excludes halogenated alkanes) is 3. The minimum absolute atomic E-state index is 0.130. The molecule has 1 N–H and O–H groups in total. The van der Waals surface area contributed by atoms with Crippen molar-refractivity contribution in [2.45, 2.75) is 78.4 Å². The molecule has 2 atom stereocenters. The Morgan fingerprint density at radius 3 is 2.67 bits per heavy atom. The first-order valence-corrected chi connectivity index (χ1v) is 13.0. The fraction of sp³-hybridized carbons (Fsp3) is 0.556. The number of esters is 1. The Morgan fingerprint density at radius 2 is 1.92 bits per heavy atom. The maximum absolute atomic E-state index is 13.0. The number of nitrogens with zero attached hydrogens (tertiary/aromatic N) is 3. The molecule has 9 heteroatoms. The zero-order chi connectivity index (χ0) is 25.9. The highest BCUT2D eigenvalue weighted by Gasteiger charge is 2.25. The maximum atomic E-state index is 13.0. The van der Waals surface area contributed by atoms with E-state index in [-0.39, 0.29) is 29.8 Å². The molecule has 0 spiro atoms. The Kier molecular flexibility index (Phi) is 10.5. The lowest BCUT2D eigenvalue weighted by atomic mass is 10.0. The van der Waals surface area contributed by atoms with Gasteiger partial charge in [-0.25, -0.2) is 14.8 Å². The number of carbonyl (C=O) groups excluding carboxylic acids is 1. The van der Waals surface area contributed by atoms with Gasteiger partial charge in [-0.05, 0) is 38.8 Å². The summed E-state index contributed by atoms with van der Waals surface area (Å²) in [5.74, 6) is 0.686. The highest BCUT2D eigenvalue weighted by atomic mass is 16.6.